The van der Waals surface area contributed by atoms with Crippen molar-refractivity contribution in [3.8, 4) is 0 Å². The van der Waals surface area contributed by atoms with Gasteiger partial charge in [0.15, 0.2) is 5.65 Å². The molecule has 2 N–H and O–H groups in total. The van der Waals surface area contributed by atoms with E-state index in [4.69, 9.17) is 5.73 Å². The second-order valence-electron chi connectivity index (χ2n) is 4.75. The first-order valence-corrected chi connectivity index (χ1v) is 8.04. The highest BCUT2D eigenvalue weighted by Crippen LogP contribution is 2.27. The fraction of sp³-hybridized carbons (Fsp3) is 0.692. The van der Waals surface area contributed by atoms with Gasteiger partial charge in [0.2, 0.25) is 5.95 Å². The van der Waals surface area contributed by atoms with Crippen LogP contribution in [0, 0.1) is 6.92 Å². The Labute approximate surface area is 118 Å². The molecule has 1 atom stereocenters. The lowest BCUT2D eigenvalue weighted by molar-refractivity contribution is 0.534. The number of hydrogen-bond donors (Lipinski definition) is 1. The lowest BCUT2D eigenvalue weighted by Gasteiger charge is -2.16. The van der Waals surface area contributed by atoms with Crippen molar-refractivity contribution in [2.24, 2.45) is 0 Å². The van der Waals surface area contributed by atoms with Gasteiger partial charge in [-0.05, 0) is 38.7 Å². The molecule has 0 saturated carbocycles. The molecule has 0 spiro atoms. The van der Waals surface area contributed by atoms with Crippen LogP contribution in [0.5, 0.6) is 0 Å². The zero-order chi connectivity index (χ0) is 14.0. The summed E-state index contributed by atoms with van der Waals surface area (Å²) in [6.45, 7) is 9.32. The van der Waals surface area contributed by atoms with Crippen molar-refractivity contribution < 1.29 is 0 Å². The van der Waals surface area contributed by atoms with Crippen LogP contribution in [-0.4, -0.2) is 30.8 Å². The molecule has 6 heteroatoms. The largest absolute Gasteiger partial charge is 0.369 e. The van der Waals surface area contributed by atoms with Crippen LogP contribution in [0.15, 0.2) is 0 Å². The zero-order valence-corrected chi connectivity index (χ0v) is 13.0. The molecular formula is C13H23N5S. The number of imidazole rings is 1. The molecule has 2 heterocycles. The van der Waals surface area contributed by atoms with Gasteiger partial charge in [-0.1, -0.05) is 6.92 Å². The van der Waals surface area contributed by atoms with Crippen LogP contribution in [0.1, 0.15) is 38.9 Å². The summed E-state index contributed by atoms with van der Waals surface area (Å²) >= 11 is 1.96. The van der Waals surface area contributed by atoms with Gasteiger partial charge >= 0.3 is 0 Å². The van der Waals surface area contributed by atoms with Crippen LogP contribution in [0.4, 0.5) is 5.95 Å². The molecule has 0 aliphatic carbocycles. The summed E-state index contributed by atoms with van der Waals surface area (Å²) in [4.78, 5) is 4.48. The standard InChI is InChI=1S/C13H23N5S/c1-5-17-12-11(10(4)16-17)15-13(14)18(12)9(3)7-8-19-6-2/h9H,5-8H2,1-4H3,(H2,14,15). The van der Waals surface area contributed by atoms with Crippen LogP contribution < -0.4 is 5.73 Å². The van der Waals surface area contributed by atoms with Gasteiger partial charge < -0.3 is 5.73 Å². The average molecular weight is 281 g/mol. The Balaban J connectivity index is 2.38. The minimum atomic E-state index is 0.352. The van der Waals surface area contributed by atoms with Crippen molar-refractivity contribution in [3.63, 3.8) is 0 Å². The number of anilines is 1. The van der Waals surface area contributed by atoms with Crippen LogP contribution >= 0.6 is 11.8 Å². The SMILES string of the molecule is CCSCCC(C)n1c(N)nc2c(C)nn(CC)c21. The lowest BCUT2D eigenvalue weighted by atomic mass is 10.2. The minimum absolute atomic E-state index is 0.352. The topological polar surface area (TPSA) is 61.7 Å². The lowest BCUT2D eigenvalue weighted by Crippen LogP contribution is -2.13. The summed E-state index contributed by atoms with van der Waals surface area (Å²) in [6.07, 6.45) is 1.10. The van der Waals surface area contributed by atoms with Crippen LogP contribution in [0.3, 0.4) is 0 Å². The fourth-order valence-electron chi connectivity index (χ4n) is 2.39. The van der Waals surface area contributed by atoms with Crippen molar-refractivity contribution in [1.82, 2.24) is 19.3 Å². The Morgan fingerprint density at radius 2 is 2.11 bits per heavy atom. The summed E-state index contributed by atoms with van der Waals surface area (Å²) in [5, 5.41) is 4.52. The summed E-state index contributed by atoms with van der Waals surface area (Å²) in [7, 11) is 0. The highest BCUT2D eigenvalue weighted by molar-refractivity contribution is 7.99. The van der Waals surface area contributed by atoms with Gasteiger partial charge in [0.05, 0.1) is 5.69 Å². The first kappa shape index (κ1) is 14.2. The average Bonchev–Trinajstić information content (AvgIpc) is 2.87. The van der Waals surface area contributed by atoms with E-state index in [1.807, 2.05) is 23.4 Å². The van der Waals surface area contributed by atoms with Gasteiger partial charge in [-0.15, -0.1) is 0 Å². The molecule has 5 nitrogen and oxygen atoms in total. The van der Waals surface area contributed by atoms with E-state index in [0.29, 0.717) is 12.0 Å². The number of aromatic nitrogens is 4. The smallest absolute Gasteiger partial charge is 0.202 e. The molecule has 106 valence electrons. The maximum atomic E-state index is 6.10. The fourth-order valence-corrected chi connectivity index (χ4v) is 3.18. The predicted molar refractivity (Wildman–Crippen MR) is 82.7 cm³/mol. The van der Waals surface area contributed by atoms with Gasteiger partial charge in [-0.3, -0.25) is 4.57 Å². The van der Waals surface area contributed by atoms with Crippen molar-refractivity contribution in [2.75, 3.05) is 17.2 Å². The second-order valence-corrected chi connectivity index (χ2v) is 6.14. The molecule has 1 unspecified atom stereocenters. The zero-order valence-electron chi connectivity index (χ0n) is 12.2. The third-order valence-corrected chi connectivity index (χ3v) is 4.33. The molecule has 0 aromatic carbocycles. The Kier molecular flexibility index (Phi) is 4.39. The molecule has 0 aliphatic heterocycles. The van der Waals surface area contributed by atoms with E-state index in [1.54, 1.807) is 0 Å². The van der Waals surface area contributed by atoms with Crippen LogP contribution in [0.2, 0.25) is 0 Å². The Bertz CT molecular complexity index is 557. The van der Waals surface area contributed by atoms with Gasteiger partial charge in [0, 0.05) is 12.6 Å². The highest BCUT2D eigenvalue weighted by Gasteiger charge is 2.19. The van der Waals surface area contributed by atoms with E-state index in [9.17, 15) is 0 Å². The summed E-state index contributed by atoms with van der Waals surface area (Å²) < 4.78 is 4.13. The van der Waals surface area contributed by atoms with E-state index in [2.05, 4.69) is 35.4 Å². The Morgan fingerprint density at radius 1 is 1.37 bits per heavy atom. The molecule has 0 amide bonds. The number of rotatable bonds is 6. The molecule has 2 rings (SSSR count). The monoisotopic (exact) mass is 281 g/mol. The molecular weight excluding hydrogens is 258 g/mol. The third kappa shape index (κ3) is 2.59. The number of nitrogens with two attached hydrogens (primary N) is 1. The van der Waals surface area contributed by atoms with Gasteiger partial charge in [-0.2, -0.15) is 16.9 Å². The molecule has 0 radical (unpaired) electrons. The summed E-state index contributed by atoms with van der Waals surface area (Å²) in [6, 6.07) is 0.352. The van der Waals surface area contributed by atoms with Crippen molar-refractivity contribution >= 4 is 28.9 Å². The maximum absolute atomic E-state index is 6.10. The van der Waals surface area contributed by atoms with Crippen LogP contribution in [-0.2, 0) is 6.54 Å². The van der Waals surface area contributed by atoms with Crippen molar-refractivity contribution in [3.05, 3.63) is 5.69 Å². The normalized spacial score (nSPS) is 13.3. The van der Waals surface area contributed by atoms with Gasteiger partial charge in [0.25, 0.3) is 0 Å². The first-order chi connectivity index (χ1) is 9.10. The first-order valence-electron chi connectivity index (χ1n) is 6.88. The minimum Gasteiger partial charge on any atom is -0.369 e. The molecule has 2 aromatic heterocycles. The molecule has 0 saturated heterocycles. The van der Waals surface area contributed by atoms with E-state index in [1.165, 1.54) is 0 Å². The molecule has 19 heavy (non-hydrogen) atoms. The number of nitrogens with zero attached hydrogens (tertiary/aromatic N) is 4. The molecule has 0 aliphatic rings. The summed E-state index contributed by atoms with van der Waals surface area (Å²) in [5.41, 5.74) is 9.06. The summed E-state index contributed by atoms with van der Waals surface area (Å²) in [5.74, 6) is 2.91. The van der Waals surface area contributed by atoms with E-state index >= 15 is 0 Å². The number of fused-ring (bicyclic) bond motifs is 1. The Hall–Kier alpha value is -1.17. The predicted octanol–water partition coefficient (Wildman–Crippen LogP) is 2.85. The number of hydrogen-bond acceptors (Lipinski definition) is 4. The Morgan fingerprint density at radius 3 is 2.74 bits per heavy atom. The van der Waals surface area contributed by atoms with E-state index in [0.717, 1.165) is 41.3 Å². The van der Waals surface area contributed by atoms with Crippen molar-refractivity contribution in [1.29, 1.82) is 0 Å². The molecule has 2 aromatic rings. The number of nitrogen functional groups attached to an aromatic ring is 1. The maximum Gasteiger partial charge on any atom is 0.202 e. The molecule has 0 bridgehead atoms. The second kappa shape index (κ2) is 5.86. The number of aryl methyl sites for hydroxylation is 2. The van der Waals surface area contributed by atoms with E-state index < -0.39 is 0 Å². The van der Waals surface area contributed by atoms with Crippen LogP contribution in [0.25, 0.3) is 11.2 Å². The highest BCUT2D eigenvalue weighted by atomic mass is 32.2. The van der Waals surface area contributed by atoms with Gasteiger partial charge in [0.1, 0.15) is 5.52 Å². The number of thioether (sulfide) groups is 1. The third-order valence-electron chi connectivity index (χ3n) is 3.40. The molecule has 0 fully saturated rings. The van der Waals surface area contributed by atoms with Crippen molar-refractivity contribution in [2.45, 2.75) is 46.7 Å². The quantitative estimate of drug-likeness (QED) is 0.827. The van der Waals surface area contributed by atoms with Gasteiger partial charge in [-0.25, -0.2) is 9.67 Å². The van der Waals surface area contributed by atoms with E-state index in [-0.39, 0.29) is 0 Å².